The van der Waals surface area contributed by atoms with Gasteiger partial charge in [0.25, 0.3) is 0 Å². The largest absolute Gasteiger partial charge is 0.352 e. The maximum Gasteiger partial charge on any atom is 0.224 e. The van der Waals surface area contributed by atoms with Gasteiger partial charge >= 0.3 is 0 Å². The molecule has 1 N–H and O–H groups in total. The van der Waals surface area contributed by atoms with Crippen LogP contribution in [0.4, 0.5) is 0 Å². The molecule has 4 nitrogen and oxygen atoms in total. The number of nitrogens with one attached hydrogen (secondary N) is 1. The third-order valence-corrected chi connectivity index (χ3v) is 5.43. The normalized spacial score (nSPS) is 21.3. The Morgan fingerprint density at radius 3 is 2.68 bits per heavy atom. The highest BCUT2D eigenvalue weighted by Crippen LogP contribution is 2.22. The van der Waals surface area contributed by atoms with Crippen molar-refractivity contribution >= 4 is 38.9 Å². The van der Waals surface area contributed by atoms with E-state index in [-0.39, 0.29) is 24.0 Å². The molecule has 1 unspecified atom stereocenters. The monoisotopic (exact) mass is 321 g/mol. The molecule has 1 saturated heterocycles. The lowest BCUT2D eigenvalue weighted by molar-refractivity contribution is -0.124. The Labute approximate surface area is 122 Å². The number of carbonyl (C=O) groups excluding carboxylic acids is 1. The summed E-state index contributed by atoms with van der Waals surface area (Å²) in [5, 5.41) is 3.72. The fraction of sp³-hybridized carbons (Fsp3) is 0.417. The number of carbonyl (C=O) groups is 1. The van der Waals surface area contributed by atoms with Gasteiger partial charge in [0, 0.05) is 16.6 Å². The minimum atomic E-state index is -3.04. The van der Waals surface area contributed by atoms with E-state index < -0.39 is 15.8 Å². The summed E-state index contributed by atoms with van der Waals surface area (Å²) in [5.74, 6) is -0.664. The van der Waals surface area contributed by atoms with Gasteiger partial charge in [0.1, 0.15) is 0 Å². The molecule has 0 radical (unpaired) electrons. The van der Waals surface area contributed by atoms with Crippen molar-refractivity contribution in [2.45, 2.75) is 13.0 Å². The molecule has 0 saturated carbocycles. The quantitative estimate of drug-likeness (QED) is 0.926. The number of halogens is 2. The van der Waals surface area contributed by atoms with Crippen LogP contribution in [-0.2, 0) is 21.2 Å². The molecule has 1 atom stereocenters. The Balaban J connectivity index is 1.94. The van der Waals surface area contributed by atoms with Gasteiger partial charge in [0.15, 0.2) is 9.84 Å². The molecule has 1 aromatic rings. The number of benzene rings is 1. The van der Waals surface area contributed by atoms with Crippen molar-refractivity contribution in [2.24, 2.45) is 5.92 Å². The summed E-state index contributed by atoms with van der Waals surface area (Å²) in [6.45, 7) is 0.269. The van der Waals surface area contributed by atoms with Crippen molar-refractivity contribution in [3.8, 4) is 0 Å². The molecule has 1 fully saturated rings. The van der Waals surface area contributed by atoms with Crippen molar-refractivity contribution < 1.29 is 13.2 Å². The molecule has 1 amide bonds. The second-order valence-corrected chi connectivity index (χ2v) is 7.63. The predicted molar refractivity (Wildman–Crippen MR) is 75.1 cm³/mol. The summed E-state index contributed by atoms with van der Waals surface area (Å²) in [4.78, 5) is 11.8. The highest BCUT2D eigenvalue weighted by molar-refractivity contribution is 7.91. The van der Waals surface area contributed by atoms with Gasteiger partial charge in [0.2, 0.25) is 5.91 Å². The summed E-state index contributed by atoms with van der Waals surface area (Å²) in [6.07, 6.45) is 0.391. The molecular formula is C12H13Cl2NO3S. The lowest BCUT2D eigenvalue weighted by atomic mass is 10.1. The van der Waals surface area contributed by atoms with Crippen LogP contribution in [-0.4, -0.2) is 25.8 Å². The first kappa shape index (κ1) is 14.6. The van der Waals surface area contributed by atoms with Gasteiger partial charge in [-0.15, -0.1) is 0 Å². The molecule has 2 rings (SSSR count). The summed E-state index contributed by atoms with van der Waals surface area (Å²) in [7, 11) is -3.04. The standard InChI is InChI=1S/C12H13Cl2NO3S/c13-10-2-1-8(11(14)5-10)6-15-12(16)9-3-4-19(17,18)7-9/h1-2,5,9H,3-4,6-7H2,(H,15,16). The average molecular weight is 322 g/mol. The summed E-state index contributed by atoms with van der Waals surface area (Å²) < 4.78 is 22.6. The van der Waals surface area contributed by atoms with E-state index in [1.54, 1.807) is 18.2 Å². The fourth-order valence-electron chi connectivity index (χ4n) is 1.99. The van der Waals surface area contributed by atoms with Gasteiger partial charge in [-0.2, -0.15) is 0 Å². The van der Waals surface area contributed by atoms with Crippen molar-refractivity contribution in [1.82, 2.24) is 5.32 Å². The van der Waals surface area contributed by atoms with Gasteiger partial charge in [-0.1, -0.05) is 29.3 Å². The van der Waals surface area contributed by atoms with Crippen molar-refractivity contribution in [3.05, 3.63) is 33.8 Å². The second-order valence-electron chi connectivity index (χ2n) is 4.55. The zero-order chi connectivity index (χ0) is 14.0. The first-order valence-electron chi connectivity index (χ1n) is 5.79. The number of rotatable bonds is 3. The molecule has 104 valence electrons. The highest BCUT2D eigenvalue weighted by atomic mass is 35.5. The van der Waals surface area contributed by atoms with Crippen LogP contribution in [0.3, 0.4) is 0 Å². The predicted octanol–water partition coefficient (Wildman–Crippen LogP) is 2.04. The van der Waals surface area contributed by atoms with Gasteiger partial charge < -0.3 is 5.32 Å². The molecule has 1 heterocycles. The van der Waals surface area contributed by atoms with E-state index in [1.165, 1.54) is 0 Å². The lowest BCUT2D eigenvalue weighted by Crippen LogP contribution is -2.31. The van der Waals surface area contributed by atoms with Gasteiger partial charge in [-0.3, -0.25) is 4.79 Å². The van der Waals surface area contributed by atoms with Crippen LogP contribution in [0.1, 0.15) is 12.0 Å². The minimum Gasteiger partial charge on any atom is -0.352 e. The third-order valence-electron chi connectivity index (χ3n) is 3.07. The van der Waals surface area contributed by atoms with E-state index in [4.69, 9.17) is 23.2 Å². The van der Waals surface area contributed by atoms with Gasteiger partial charge in [-0.05, 0) is 24.1 Å². The average Bonchev–Trinajstić information content (AvgIpc) is 2.68. The van der Waals surface area contributed by atoms with E-state index in [0.29, 0.717) is 16.5 Å². The van der Waals surface area contributed by atoms with Crippen LogP contribution in [0.25, 0.3) is 0 Å². The van der Waals surface area contributed by atoms with E-state index >= 15 is 0 Å². The maximum absolute atomic E-state index is 11.8. The molecule has 1 aliphatic heterocycles. The summed E-state index contributed by atoms with van der Waals surface area (Å²) in [5.41, 5.74) is 0.750. The second kappa shape index (κ2) is 5.69. The van der Waals surface area contributed by atoms with Crippen LogP contribution in [0.2, 0.25) is 10.0 Å². The summed E-state index contributed by atoms with van der Waals surface area (Å²) >= 11 is 11.8. The van der Waals surface area contributed by atoms with Gasteiger partial charge in [-0.25, -0.2) is 8.42 Å². The Kier molecular flexibility index (Phi) is 4.38. The highest BCUT2D eigenvalue weighted by Gasteiger charge is 2.32. The minimum absolute atomic E-state index is 0.0623. The van der Waals surface area contributed by atoms with Crippen LogP contribution in [0, 0.1) is 5.92 Å². The molecule has 19 heavy (non-hydrogen) atoms. The van der Waals surface area contributed by atoms with Crippen LogP contribution < -0.4 is 5.32 Å². The molecule has 0 spiro atoms. The zero-order valence-corrected chi connectivity index (χ0v) is 12.4. The fourth-order valence-corrected chi connectivity index (χ4v) is 4.21. The number of amides is 1. The Bertz CT molecular complexity index is 601. The number of hydrogen-bond acceptors (Lipinski definition) is 3. The Morgan fingerprint density at radius 1 is 1.37 bits per heavy atom. The van der Waals surface area contributed by atoms with E-state index in [9.17, 15) is 13.2 Å². The Morgan fingerprint density at radius 2 is 2.11 bits per heavy atom. The van der Waals surface area contributed by atoms with Crippen molar-refractivity contribution in [1.29, 1.82) is 0 Å². The first-order chi connectivity index (χ1) is 8.87. The van der Waals surface area contributed by atoms with Gasteiger partial charge in [0.05, 0.1) is 17.4 Å². The van der Waals surface area contributed by atoms with Crippen LogP contribution in [0.5, 0.6) is 0 Å². The molecule has 0 aliphatic carbocycles. The molecule has 1 aromatic carbocycles. The summed E-state index contributed by atoms with van der Waals surface area (Å²) in [6, 6.07) is 5.02. The topological polar surface area (TPSA) is 63.2 Å². The van der Waals surface area contributed by atoms with Crippen molar-refractivity contribution in [3.63, 3.8) is 0 Å². The first-order valence-corrected chi connectivity index (χ1v) is 8.37. The van der Waals surface area contributed by atoms with Crippen LogP contribution in [0.15, 0.2) is 18.2 Å². The molecule has 7 heteroatoms. The van der Waals surface area contributed by atoms with E-state index in [2.05, 4.69) is 5.32 Å². The van der Waals surface area contributed by atoms with Crippen LogP contribution >= 0.6 is 23.2 Å². The maximum atomic E-state index is 11.8. The molecular weight excluding hydrogens is 309 g/mol. The number of hydrogen-bond donors (Lipinski definition) is 1. The Hall–Kier alpha value is -0.780. The van der Waals surface area contributed by atoms with E-state index in [0.717, 1.165) is 5.56 Å². The lowest BCUT2D eigenvalue weighted by Gasteiger charge is -2.10. The SMILES string of the molecule is O=C(NCc1ccc(Cl)cc1Cl)C1CCS(=O)(=O)C1. The molecule has 0 aromatic heterocycles. The zero-order valence-electron chi connectivity index (χ0n) is 10.0. The molecule has 0 bridgehead atoms. The number of sulfone groups is 1. The third kappa shape index (κ3) is 3.84. The van der Waals surface area contributed by atoms with Crippen molar-refractivity contribution in [2.75, 3.05) is 11.5 Å². The smallest absolute Gasteiger partial charge is 0.224 e. The van der Waals surface area contributed by atoms with E-state index in [1.807, 2.05) is 0 Å². The molecule has 1 aliphatic rings.